The van der Waals surface area contributed by atoms with Crippen LogP contribution in [0.3, 0.4) is 0 Å². The molecule has 1 amide bonds. The molecule has 7 nitrogen and oxygen atoms in total. The highest BCUT2D eigenvalue weighted by molar-refractivity contribution is 5.94. The zero-order valence-corrected chi connectivity index (χ0v) is 11.3. The van der Waals surface area contributed by atoms with Crippen LogP contribution in [0.4, 0.5) is 0 Å². The van der Waals surface area contributed by atoms with Gasteiger partial charge in [-0.3, -0.25) is 4.79 Å². The van der Waals surface area contributed by atoms with Crippen molar-refractivity contribution < 1.29 is 19.5 Å². The number of hydrogen-bond acceptors (Lipinski definition) is 5. The molecular formula is C13H17N3O4. The number of nitrogens with zero attached hydrogens (tertiary/aromatic N) is 1. The van der Waals surface area contributed by atoms with Crippen molar-refractivity contribution in [3.8, 4) is 11.5 Å². The van der Waals surface area contributed by atoms with Crippen molar-refractivity contribution in [2.75, 3.05) is 6.61 Å². The lowest BCUT2D eigenvalue weighted by Crippen LogP contribution is -2.57. The number of fused-ring (bicyclic) bond motifs is 1. The van der Waals surface area contributed by atoms with Crippen LogP contribution in [0.2, 0.25) is 0 Å². The average Bonchev–Trinajstić information content (AvgIpc) is 2.45. The first-order valence-corrected chi connectivity index (χ1v) is 6.12. The van der Waals surface area contributed by atoms with Crippen LogP contribution in [0.25, 0.3) is 0 Å². The van der Waals surface area contributed by atoms with Gasteiger partial charge in [-0.2, -0.15) is 0 Å². The summed E-state index contributed by atoms with van der Waals surface area (Å²) in [5.74, 6) is 0.631. The van der Waals surface area contributed by atoms with Crippen molar-refractivity contribution in [3.63, 3.8) is 0 Å². The lowest BCUT2D eigenvalue weighted by atomic mass is 10.0. The predicted octanol–water partition coefficient (Wildman–Crippen LogP) is 0.468. The molecule has 1 unspecified atom stereocenters. The van der Waals surface area contributed by atoms with Crippen LogP contribution in [0.15, 0.2) is 29.4 Å². The summed E-state index contributed by atoms with van der Waals surface area (Å²) in [7, 11) is 0. The zero-order chi connectivity index (χ0) is 14.8. The molecule has 20 heavy (non-hydrogen) atoms. The first kappa shape index (κ1) is 14.0. The van der Waals surface area contributed by atoms with E-state index < -0.39 is 17.6 Å². The Balaban J connectivity index is 2.05. The van der Waals surface area contributed by atoms with Crippen LogP contribution in [0, 0.1) is 0 Å². The van der Waals surface area contributed by atoms with E-state index in [0.29, 0.717) is 11.5 Å². The van der Waals surface area contributed by atoms with E-state index in [9.17, 15) is 4.79 Å². The summed E-state index contributed by atoms with van der Waals surface area (Å²) in [5, 5.41) is 14.2. The number of benzene rings is 1. The van der Waals surface area contributed by atoms with Gasteiger partial charge >= 0.3 is 0 Å². The number of nitrogens with two attached hydrogens (primary N) is 1. The van der Waals surface area contributed by atoms with Gasteiger partial charge in [-0.05, 0) is 26.0 Å². The Bertz CT molecular complexity index is 542. The van der Waals surface area contributed by atoms with Gasteiger partial charge in [0.2, 0.25) is 6.10 Å². The fraction of sp³-hybridized carbons (Fsp3) is 0.385. The highest BCUT2D eigenvalue weighted by Gasteiger charge is 2.33. The molecule has 0 bridgehead atoms. The molecule has 0 saturated heterocycles. The number of hydrogen-bond donors (Lipinski definition) is 3. The summed E-state index contributed by atoms with van der Waals surface area (Å²) in [6.45, 7) is 3.35. The van der Waals surface area contributed by atoms with Crippen LogP contribution >= 0.6 is 0 Å². The van der Waals surface area contributed by atoms with E-state index in [2.05, 4.69) is 10.5 Å². The van der Waals surface area contributed by atoms with Gasteiger partial charge in [0.15, 0.2) is 17.3 Å². The van der Waals surface area contributed by atoms with Crippen LogP contribution < -0.4 is 20.5 Å². The normalized spacial score (nSPS) is 18.5. The standard InChI is InChI=1S/C13H17N3O4/c1-13(2,12(14)16-18)15-11(17)10-7-19-8-5-3-4-6-9(8)20-10/h3-6,10,18H,7H2,1-2H3,(H2,14,16)(H,15,17). The molecule has 1 aliphatic rings. The molecule has 0 saturated carbocycles. The number of para-hydroxylation sites is 2. The minimum atomic E-state index is -0.980. The van der Waals surface area contributed by atoms with Crippen molar-refractivity contribution in [1.82, 2.24) is 5.32 Å². The van der Waals surface area contributed by atoms with Gasteiger partial charge in [0.1, 0.15) is 6.61 Å². The van der Waals surface area contributed by atoms with Crippen molar-refractivity contribution in [1.29, 1.82) is 0 Å². The predicted molar refractivity (Wildman–Crippen MR) is 72.0 cm³/mol. The van der Waals surface area contributed by atoms with Crippen LogP contribution in [0.1, 0.15) is 13.8 Å². The molecule has 0 spiro atoms. The van der Waals surface area contributed by atoms with E-state index in [1.165, 1.54) is 0 Å². The SMILES string of the molecule is CC(C)(NC(=O)C1COc2ccccc2O1)/C(N)=N/O. The number of amidine groups is 1. The minimum Gasteiger partial charge on any atom is -0.485 e. The largest absolute Gasteiger partial charge is 0.485 e. The molecular weight excluding hydrogens is 262 g/mol. The lowest BCUT2D eigenvalue weighted by Gasteiger charge is -2.30. The Morgan fingerprint density at radius 3 is 2.75 bits per heavy atom. The summed E-state index contributed by atoms with van der Waals surface area (Å²) in [6, 6.07) is 7.11. The Morgan fingerprint density at radius 2 is 2.10 bits per heavy atom. The summed E-state index contributed by atoms with van der Waals surface area (Å²) < 4.78 is 11.0. The fourth-order valence-electron chi connectivity index (χ4n) is 1.73. The smallest absolute Gasteiger partial charge is 0.265 e. The summed E-state index contributed by atoms with van der Waals surface area (Å²) in [4.78, 5) is 12.1. The maximum absolute atomic E-state index is 12.1. The third-order valence-corrected chi connectivity index (χ3v) is 2.98. The number of carbonyl (C=O) groups is 1. The number of ether oxygens (including phenoxy) is 2. The van der Waals surface area contributed by atoms with E-state index in [0.717, 1.165) is 0 Å². The van der Waals surface area contributed by atoms with Gasteiger partial charge in [0, 0.05) is 0 Å². The number of rotatable bonds is 3. The molecule has 2 rings (SSSR count). The molecule has 0 fully saturated rings. The van der Waals surface area contributed by atoms with Crippen molar-refractivity contribution in [2.45, 2.75) is 25.5 Å². The molecule has 1 heterocycles. The number of carbonyl (C=O) groups excluding carboxylic acids is 1. The highest BCUT2D eigenvalue weighted by Crippen LogP contribution is 2.30. The van der Waals surface area contributed by atoms with Gasteiger partial charge in [-0.1, -0.05) is 17.3 Å². The van der Waals surface area contributed by atoms with E-state index in [1.807, 2.05) is 6.07 Å². The average molecular weight is 279 g/mol. The summed E-state index contributed by atoms with van der Waals surface area (Å²) in [6.07, 6.45) is -0.782. The Morgan fingerprint density at radius 1 is 1.45 bits per heavy atom. The fourth-order valence-corrected chi connectivity index (χ4v) is 1.73. The van der Waals surface area contributed by atoms with Crippen molar-refractivity contribution in [3.05, 3.63) is 24.3 Å². The molecule has 1 atom stereocenters. The monoisotopic (exact) mass is 279 g/mol. The highest BCUT2D eigenvalue weighted by atomic mass is 16.6. The molecule has 108 valence electrons. The quantitative estimate of drug-likeness (QED) is 0.323. The third-order valence-electron chi connectivity index (χ3n) is 2.98. The second-order valence-electron chi connectivity index (χ2n) is 4.96. The lowest BCUT2D eigenvalue weighted by molar-refractivity contribution is -0.131. The van der Waals surface area contributed by atoms with Crippen LogP contribution in [-0.4, -0.2) is 35.2 Å². The molecule has 4 N–H and O–H groups in total. The van der Waals surface area contributed by atoms with E-state index in [4.69, 9.17) is 20.4 Å². The minimum absolute atomic E-state index is 0.0945. The Kier molecular flexibility index (Phi) is 3.69. The van der Waals surface area contributed by atoms with Crippen molar-refractivity contribution in [2.24, 2.45) is 10.9 Å². The van der Waals surface area contributed by atoms with Gasteiger partial charge < -0.3 is 25.7 Å². The molecule has 0 aliphatic carbocycles. The maximum Gasteiger partial charge on any atom is 0.265 e. The van der Waals surface area contributed by atoms with E-state index in [-0.39, 0.29) is 12.4 Å². The van der Waals surface area contributed by atoms with Gasteiger partial charge in [-0.25, -0.2) is 0 Å². The first-order chi connectivity index (χ1) is 9.44. The van der Waals surface area contributed by atoms with Crippen molar-refractivity contribution >= 4 is 11.7 Å². The maximum atomic E-state index is 12.1. The van der Waals surface area contributed by atoms with Crippen LogP contribution in [-0.2, 0) is 4.79 Å². The number of oxime groups is 1. The van der Waals surface area contributed by atoms with Gasteiger partial charge in [0.05, 0.1) is 5.54 Å². The molecule has 0 radical (unpaired) electrons. The van der Waals surface area contributed by atoms with Crippen LogP contribution in [0.5, 0.6) is 11.5 Å². The summed E-state index contributed by atoms with van der Waals surface area (Å²) >= 11 is 0. The van der Waals surface area contributed by atoms with Gasteiger partial charge in [0.25, 0.3) is 5.91 Å². The molecule has 1 aromatic rings. The Labute approximate surface area is 116 Å². The summed E-state index contributed by atoms with van der Waals surface area (Å²) in [5.41, 5.74) is 4.54. The van der Waals surface area contributed by atoms with E-state index in [1.54, 1.807) is 32.0 Å². The first-order valence-electron chi connectivity index (χ1n) is 6.12. The van der Waals surface area contributed by atoms with E-state index >= 15 is 0 Å². The molecule has 0 aromatic heterocycles. The Hall–Kier alpha value is -2.44. The second-order valence-corrected chi connectivity index (χ2v) is 4.96. The topological polar surface area (TPSA) is 106 Å². The number of amides is 1. The third kappa shape index (κ3) is 2.76. The molecule has 1 aliphatic heterocycles. The molecule has 7 heteroatoms. The second kappa shape index (κ2) is 5.28. The van der Waals surface area contributed by atoms with Gasteiger partial charge in [-0.15, -0.1) is 0 Å². The zero-order valence-electron chi connectivity index (χ0n) is 11.3. The molecule has 1 aromatic carbocycles. The number of nitrogens with one attached hydrogen (secondary N) is 1.